The highest BCUT2D eigenvalue weighted by atomic mass is 32.2. The van der Waals surface area contributed by atoms with Gasteiger partial charge in [-0.15, -0.1) is 0 Å². The standard InChI is InChI=1S/C27H32N6O4S/c1-31(38(3,35)36)23-7-5-4-6-20(23)18-33-13-10-19-17-28-27(30-26(19)33)29-21-8-9-24(25(16-21)37-2)32-14-11-22(34)12-15-32/h4-10,13,16-17,22,34H,11-12,14-15,18H2,1-3H3,(H,28,29,30). The van der Waals surface area contributed by atoms with Crippen LogP contribution in [0.25, 0.3) is 11.0 Å². The topological polar surface area (TPSA) is 113 Å². The zero-order chi connectivity index (χ0) is 26.9. The molecule has 0 spiro atoms. The lowest BCUT2D eigenvalue weighted by molar-refractivity contribution is 0.145. The highest BCUT2D eigenvalue weighted by Gasteiger charge is 2.20. The molecule has 38 heavy (non-hydrogen) atoms. The summed E-state index contributed by atoms with van der Waals surface area (Å²) in [6.45, 7) is 2.01. The molecule has 2 N–H and O–H groups in total. The number of benzene rings is 2. The Morgan fingerprint density at radius 2 is 1.92 bits per heavy atom. The van der Waals surface area contributed by atoms with E-state index < -0.39 is 10.0 Å². The van der Waals surface area contributed by atoms with Crippen LogP contribution in [0.4, 0.5) is 23.0 Å². The molecule has 0 amide bonds. The number of hydrogen-bond acceptors (Lipinski definition) is 8. The Bertz CT molecular complexity index is 1550. The van der Waals surface area contributed by atoms with Gasteiger partial charge in [-0.3, -0.25) is 4.31 Å². The number of nitrogens with zero attached hydrogens (tertiary/aromatic N) is 5. The Morgan fingerprint density at radius 1 is 1.16 bits per heavy atom. The van der Waals surface area contributed by atoms with Crippen LogP contribution in [0.3, 0.4) is 0 Å². The van der Waals surface area contributed by atoms with E-state index in [0.29, 0.717) is 18.2 Å². The summed E-state index contributed by atoms with van der Waals surface area (Å²) >= 11 is 0. The molecule has 0 atom stereocenters. The summed E-state index contributed by atoms with van der Waals surface area (Å²) in [5.74, 6) is 1.18. The molecule has 10 nitrogen and oxygen atoms in total. The van der Waals surface area contributed by atoms with Crippen molar-refractivity contribution in [1.29, 1.82) is 0 Å². The lowest BCUT2D eigenvalue weighted by Gasteiger charge is -2.32. The average Bonchev–Trinajstić information content (AvgIpc) is 3.30. The minimum Gasteiger partial charge on any atom is -0.495 e. The van der Waals surface area contributed by atoms with Gasteiger partial charge >= 0.3 is 0 Å². The van der Waals surface area contributed by atoms with Crippen LogP contribution < -0.4 is 19.3 Å². The predicted octanol–water partition coefficient (Wildman–Crippen LogP) is 3.59. The number of para-hydroxylation sites is 1. The molecular formula is C27H32N6O4S. The van der Waals surface area contributed by atoms with Crippen LogP contribution in [0.5, 0.6) is 5.75 Å². The second-order valence-electron chi connectivity index (χ2n) is 9.51. The lowest BCUT2D eigenvalue weighted by atomic mass is 10.1. The third-order valence-electron chi connectivity index (χ3n) is 6.91. The number of anilines is 4. The molecule has 4 aromatic rings. The fourth-order valence-electron chi connectivity index (χ4n) is 4.72. The Morgan fingerprint density at radius 3 is 2.66 bits per heavy atom. The molecule has 0 bridgehead atoms. The van der Waals surface area contributed by atoms with Crippen molar-refractivity contribution in [2.24, 2.45) is 0 Å². The Hall–Kier alpha value is -3.83. The van der Waals surface area contributed by atoms with E-state index in [1.807, 2.05) is 53.2 Å². The molecule has 11 heteroatoms. The smallest absolute Gasteiger partial charge is 0.232 e. The van der Waals surface area contributed by atoms with E-state index in [0.717, 1.165) is 59.7 Å². The van der Waals surface area contributed by atoms with Crippen molar-refractivity contribution in [3.63, 3.8) is 0 Å². The maximum absolute atomic E-state index is 12.2. The van der Waals surface area contributed by atoms with Crippen LogP contribution in [0.2, 0.25) is 0 Å². The van der Waals surface area contributed by atoms with Crippen molar-refractivity contribution in [2.45, 2.75) is 25.5 Å². The molecule has 5 rings (SSSR count). The van der Waals surface area contributed by atoms with E-state index in [-0.39, 0.29) is 6.10 Å². The second-order valence-corrected chi connectivity index (χ2v) is 11.5. The van der Waals surface area contributed by atoms with Crippen LogP contribution in [0.15, 0.2) is 60.9 Å². The molecule has 1 aliphatic rings. The van der Waals surface area contributed by atoms with E-state index >= 15 is 0 Å². The van der Waals surface area contributed by atoms with Gasteiger partial charge in [-0.05, 0) is 42.7 Å². The molecule has 3 heterocycles. The molecule has 0 unspecified atom stereocenters. The van der Waals surface area contributed by atoms with Gasteiger partial charge in [-0.25, -0.2) is 13.4 Å². The minimum atomic E-state index is -3.40. The molecule has 1 aliphatic heterocycles. The third kappa shape index (κ3) is 5.39. The molecule has 1 fully saturated rings. The van der Waals surface area contributed by atoms with Crippen molar-refractivity contribution in [2.75, 3.05) is 48.0 Å². The van der Waals surface area contributed by atoms with Crippen molar-refractivity contribution in [3.05, 3.63) is 66.5 Å². The largest absolute Gasteiger partial charge is 0.495 e. The molecule has 0 saturated carbocycles. The number of aliphatic hydroxyl groups is 1. The second kappa shape index (κ2) is 10.5. The monoisotopic (exact) mass is 536 g/mol. The number of aliphatic hydroxyl groups excluding tert-OH is 1. The molecular weight excluding hydrogens is 504 g/mol. The SMILES string of the molecule is COc1cc(Nc2ncc3ccn(Cc4ccccc4N(C)S(C)(=O)=O)c3n2)ccc1N1CCC(O)CC1. The fraction of sp³-hybridized carbons (Fsp3) is 0.333. The molecule has 0 aliphatic carbocycles. The number of aromatic nitrogens is 3. The molecule has 1 saturated heterocycles. The van der Waals surface area contributed by atoms with E-state index in [9.17, 15) is 13.5 Å². The Balaban J connectivity index is 1.39. The summed E-state index contributed by atoms with van der Waals surface area (Å²) in [6.07, 6.45) is 6.13. The quantitative estimate of drug-likeness (QED) is 0.351. The van der Waals surface area contributed by atoms with Gasteiger partial charge in [-0.2, -0.15) is 4.98 Å². The third-order valence-corrected chi connectivity index (χ3v) is 8.10. The van der Waals surface area contributed by atoms with E-state index in [1.54, 1.807) is 26.4 Å². The summed E-state index contributed by atoms with van der Waals surface area (Å²) in [6, 6.07) is 15.3. The maximum Gasteiger partial charge on any atom is 0.232 e. The molecule has 0 radical (unpaired) electrons. The Kier molecular flexibility index (Phi) is 7.13. The van der Waals surface area contributed by atoms with Crippen LogP contribution in [0, 0.1) is 0 Å². The van der Waals surface area contributed by atoms with Crippen LogP contribution in [-0.2, 0) is 16.6 Å². The number of sulfonamides is 1. The van der Waals surface area contributed by atoms with Gasteiger partial charge in [0.25, 0.3) is 0 Å². The number of rotatable bonds is 8. The van der Waals surface area contributed by atoms with Gasteiger partial charge in [0.15, 0.2) is 0 Å². The normalized spacial score (nSPS) is 14.6. The van der Waals surface area contributed by atoms with Crippen LogP contribution in [-0.4, -0.2) is 67.7 Å². The molecule has 2 aromatic carbocycles. The number of hydrogen-bond donors (Lipinski definition) is 2. The van der Waals surface area contributed by atoms with E-state index in [2.05, 4.69) is 15.2 Å². The van der Waals surface area contributed by atoms with Crippen LogP contribution in [0.1, 0.15) is 18.4 Å². The molecule has 200 valence electrons. The number of fused-ring (bicyclic) bond motifs is 1. The van der Waals surface area contributed by atoms with Crippen molar-refractivity contribution < 1.29 is 18.3 Å². The van der Waals surface area contributed by atoms with E-state index in [1.165, 1.54) is 10.6 Å². The zero-order valence-corrected chi connectivity index (χ0v) is 22.5. The summed E-state index contributed by atoms with van der Waals surface area (Å²) in [4.78, 5) is 11.5. The summed E-state index contributed by atoms with van der Waals surface area (Å²) in [7, 11) is -0.191. The van der Waals surface area contributed by atoms with Crippen molar-refractivity contribution in [3.8, 4) is 5.75 Å². The van der Waals surface area contributed by atoms with Gasteiger partial charge in [0.1, 0.15) is 11.4 Å². The first kappa shape index (κ1) is 25.8. The fourth-order valence-corrected chi connectivity index (χ4v) is 5.26. The van der Waals surface area contributed by atoms with Crippen molar-refractivity contribution in [1.82, 2.24) is 14.5 Å². The van der Waals surface area contributed by atoms with Gasteiger partial charge in [0.2, 0.25) is 16.0 Å². The molecule has 2 aromatic heterocycles. The number of nitrogens with one attached hydrogen (secondary N) is 1. The van der Waals surface area contributed by atoms with Gasteiger partial charge in [-0.1, -0.05) is 18.2 Å². The van der Waals surface area contributed by atoms with Crippen molar-refractivity contribution >= 4 is 44.1 Å². The number of methoxy groups -OCH3 is 1. The van der Waals surface area contributed by atoms with Gasteiger partial charge in [0, 0.05) is 49.7 Å². The first-order valence-corrected chi connectivity index (χ1v) is 14.3. The first-order chi connectivity index (χ1) is 18.2. The minimum absolute atomic E-state index is 0.238. The summed E-state index contributed by atoms with van der Waals surface area (Å²) in [5.41, 5.74) is 4.00. The summed E-state index contributed by atoms with van der Waals surface area (Å²) in [5, 5.41) is 14.0. The first-order valence-electron chi connectivity index (χ1n) is 12.4. The van der Waals surface area contributed by atoms with Gasteiger partial charge < -0.3 is 24.6 Å². The van der Waals surface area contributed by atoms with Gasteiger partial charge in [0.05, 0.1) is 37.4 Å². The number of piperidine rings is 1. The highest BCUT2D eigenvalue weighted by molar-refractivity contribution is 7.92. The highest BCUT2D eigenvalue weighted by Crippen LogP contribution is 2.34. The average molecular weight is 537 g/mol. The zero-order valence-electron chi connectivity index (χ0n) is 21.7. The predicted molar refractivity (Wildman–Crippen MR) is 150 cm³/mol. The maximum atomic E-state index is 12.2. The lowest BCUT2D eigenvalue weighted by Crippen LogP contribution is -2.35. The number of ether oxygens (including phenoxy) is 1. The summed E-state index contributed by atoms with van der Waals surface area (Å²) < 4.78 is 33.2. The van der Waals surface area contributed by atoms with Crippen LogP contribution >= 0.6 is 0 Å². The van der Waals surface area contributed by atoms with E-state index in [4.69, 9.17) is 9.72 Å². The Labute approximate surface area is 222 Å².